The molecule has 0 spiro atoms. The number of aryl methyl sites for hydroxylation is 1. The summed E-state index contributed by atoms with van der Waals surface area (Å²) in [4.78, 5) is 4.59. The zero-order valence-electron chi connectivity index (χ0n) is 13.6. The number of H-pyrrole nitrogens is 1. The van der Waals surface area contributed by atoms with Crippen molar-refractivity contribution in [1.82, 2.24) is 25.0 Å². The van der Waals surface area contributed by atoms with Gasteiger partial charge in [-0.3, -0.25) is 14.8 Å². The van der Waals surface area contributed by atoms with Gasteiger partial charge in [0.1, 0.15) is 5.69 Å². The topological polar surface area (TPSA) is 85.4 Å². The minimum Gasteiger partial charge on any atom is -0.326 e. The Hall–Kier alpha value is -2.99. The van der Waals surface area contributed by atoms with E-state index >= 15 is 0 Å². The van der Waals surface area contributed by atoms with Crippen LogP contribution < -0.4 is 5.73 Å². The quantitative estimate of drug-likeness (QED) is 0.608. The SMILES string of the molecule is Cc1c(CN)cccc1-c1cc2c(-c3cnn(C)c3)n[nH]c2cn1. The number of nitrogens with one attached hydrogen (secondary N) is 1. The predicted molar refractivity (Wildman–Crippen MR) is 94.2 cm³/mol. The van der Waals surface area contributed by atoms with Crippen LogP contribution in [0.4, 0.5) is 0 Å². The summed E-state index contributed by atoms with van der Waals surface area (Å²) in [5.41, 5.74) is 12.9. The summed E-state index contributed by atoms with van der Waals surface area (Å²) in [6.45, 7) is 2.61. The Morgan fingerprint density at radius 1 is 1.25 bits per heavy atom. The molecule has 4 aromatic rings. The summed E-state index contributed by atoms with van der Waals surface area (Å²) in [6.07, 6.45) is 5.60. The fraction of sp³-hybridized carbons (Fsp3) is 0.167. The Morgan fingerprint density at radius 3 is 2.88 bits per heavy atom. The smallest absolute Gasteiger partial charge is 0.103 e. The van der Waals surface area contributed by atoms with Crippen molar-refractivity contribution in [3.8, 4) is 22.5 Å². The van der Waals surface area contributed by atoms with E-state index in [0.29, 0.717) is 6.54 Å². The van der Waals surface area contributed by atoms with Gasteiger partial charge in [-0.1, -0.05) is 18.2 Å². The van der Waals surface area contributed by atoms with Gasteiger partial charge in [-0.25, -0.2) is 0 Å². The highest BCUT2D eigenvalue weighted by molar-refractivity contribution is 5.94. The number of rotatable bonds is 3. The highest BCUT2D eigenvalue weighted by atomic mass is 15.2. The Morgan fingerprint density at radius 2 is 2.12 bits per heavy atom. The summed E-state index contributed by atoms with van der Waals surface area (Å²) >= 11 is 0. The van der Waals surface area contributed by atoms with Gasteiger partial charge in [0.15, 0.2) is 0 Å². The first kappa shape index (κ1) is 14.6. The van der Waals surface area contributed by atoms with Crippen molar-refractivity contribution in [1.29, 1.82) is 0 Å². The second-order valence-corrected chi connectivity index (χ2v) is 5.88. The van der Waals surface area contributed by atoms with Crippen LogP contribution >= 0.6 is 0 Å². The summed E-state index contributed by atoms with van der Waals surface area (Å²) in [7, 11) is 1.90. The lowest BCUT2D eigenvalue weighted by Gasteiger charge is -2.09. The van der Waals surface area contributed by atoms with E-state index in [0.717, 1.165) is 39.0 Å². The second-order valence-electron chi connectivity index (χ2n) is 5.88. The van der Waals surface area contributed by atoms with Gasteiger partial charge in [0.05, 0.1) is 23.6 Å². The molecule has 0 bridgehead atoms. The number of benzene rings is 1. The number of nitrogens with zero attached hydrogens (tertiary/aromatic N) is 4. The number of pyridine rings is 1. The van der Waals surface area contributed by atoms with Crippen LogP contribution in [-0.4, -0.2) is 25.0 Å². The van der Waals surface area contributed by atoms with Crippen molar-refractivity contribution in [3.05, 3.63) is 54.0 Å². The van der Waals surface area contributed by atoms with E-state index in [9.17, 15) is 0 Å². The lowest BCUT2D eigenvalue weighted by Crippen LogP contribution is -2.00. The molecule has 0 saturated carbocycles. The molecular weight excluding hydrogens is 300 g/mol. The molecule has 24 heavy (non-hydrogen) atoms. The summed E-state index contributed by atoms with van der Waals surface area (Å²) in [5.74, 6) is 0. The highest BCUT2D eigenvalue weighted by Crippen LogP contribution is 2.30. The maximum atomic E-state index is 5.83. The van der Waals surface area contributed by atoms with Crippen LogP contribution in [0.25, 0.3) is 33.4 Å². The average molecular weight is 318 g/mol. The van der Waals surface area contributed by atoms with E-state index in [-0.39, 0.29) is 0 Å². The van der Waals surface area contributed by atoms with Gasteiger partial charge in [0.2, 0.25) is 0 Å². The van der Waals surface area contributed by atoms with E-state index < -0.39 is 0 Å². The Labute approximate surface area is 139 Å². The maximum absolute atomic E-state index is 5.83. The molecule has 3 heterocycles. The summed E-state index contributed by atoms with van der Waals surface area (Å²) < 4.78 is 1.77. The van der Waals surface area contributed by atoms with E-state index in [1.807, 2.05) is 31.7 Å². The van der Waals surface area contributed by atoms with Gasteiger partial charge >= 0.3 is 0 Å². The molecule has 6 heteroatoms. The van der Waals surface area contributed by atoms with Crippen molar-refractivity contribution in [2.75, 3.05) is 0 Å². The third kappa shape index (κ3) is 2.28. The van der Waals surface area contributed by atoms with Crippen molar-refractivity contribution >= 4 is 10.9 Å². The fourth-order valence-electron chi connectivity index (χ4n) is 3.01. The third-order valence-corrected chi connectivity index (χ3v) is 4.37. The third-order valence-electron chi connectivity index (χ3n) is 4.37. The fourth-order valence-corrected chi connectivity index (χ4v) is 3.01. The molecule has 6 nitrogen and oxygen atoms in total. The highest BCUT2D eigenvalue weighted by Gasteiger charge is 2.13. The monoisotopic (exact) mass is 318 g/mol. The number of hydrogen-bond donors (Lipinski definition) is 2. The lowest BCUT2D eigenvalue weighted by atomic mass is 9.99. The molecule has 0 atom stereocenters. The Kier molecular flexibility index (Phi) is 3.39. The number of nitrogens with two attached hydrogens (primary N) is 1. The van der Waals surface area contributed by atoms with Crippen LogP contribution in [0, 0.1) is 6.92 Å². The van der Waals surface area contributed by atoms with Crippen LogP contribution in [-0.2, 0) is 13.6 Å². The zero-order chi connectivity index (χ0) is 16.7. The van der Waals surface area contributed by atoms with Gasteiger partial charge < -0.3 is 5.73 Å². The number of aromatic amines is 1. The van der Waals surface area contributed by atoms with E-state index in [2.05, 4.69) is 45.4 Å². The van der Waals surface area contributed by atoms with Gasteiger partial charge in [-0.05, 0) is 24.1 Å². The van der Waals surface area contributed by atoms with Crippen molar-refractivity contribution in [2.45, 2.75) is 13.5 Å². The predicted octanol–water partition coefficient (Wildman–Crippen LogP) is 2.79. The molecule has 0 fully saturated rings. The summed E-state index contributed by atoms with van der Waals surface area (Å²) in [6, 6.07) is 8.22. The molecule has 0 unspecified atom stereocenters. The van der Waals surface area contributed by atoms with Crippen molar-refractivity contribution in [3.63, 3.8) is 0 Å². The number of fused-ring (bicyclic) bond motifs is 1. The van der Waals surface area contributed by atoms with Crippen LogP contribution in [0.5, 0.6) is 0 Å². The average Bonchev–Trinajstić information content (AvgIpc) is 3.20. The minimum absolute atomic E-state index is 0.522. The van der Waals surface area contributed by atoms with E-state index in [1.165, 1.54) is 5.56 Å². The first-order chi connectivity index (χ1) is 11.7. The van der Waals surface area contributed by atoms with Crippen LogP contribution in [0.15, 0.2) is 42.9 Å². The van der Waals surface area contributed by atoms with Gasteiger partial charge in [0, 0.05) is 36.3 Å². The van der Waals surface area contributed by atoms with Gasteiger partial charge in [-0.15, -0.1) is 0 Å². The van der Waals surface area contributed by atoms with E-state index in [1.54, 1.807) is 4.68 Å². The molecule has 3 aromatic heterocycles. The molecule has 0 aliphatic carbocycles. The zero-order valence-corrected chi connectivity index (χ0v) is 13.6. The standard InChI is InChI=1S/C18H18N6/c1-11-12(7-19)4-3-5-14(11)16-6-15-17(9-20-16)22-23-18(15)13-8-21-24(2)10-13/h3-6,8-10H,7,19H2,1-2H3,(H,22,23). The van der Waals surface area contributed by atoms with Crippen LogP contribution in [0.2, 0.25) is 0 Å². The molecule has 0 radical (unpaired) electrons. The van der Waals surface area contributed by atoms with Gasteiger partial charge in [-0.2, -0.15) is 10.2 Å². The first-order valence-electron chi connectivity index (χ1n) is 7.79. The molecule has 4 rings (SSSR count). The van der Waals surface area contributed by atoms with Crippen LogP contribution in [0.3, 0.4) is 0 Å². The minimum atomic E-state index is 0.522. The largest absolute Gasteiger partial charge is 0.326 e. The van der Waals surface area contributed by atoms with Crippen molar-refractivity contribution in [2.24, 2.45) is 12.8 Å². The molecule has 0 amide bonds. The molecule has 0 aliphatic rings. The maximum Gasteiger partial charge on any atom is 0.103 e. The molecule has 0 aliphatic heterocycles. The summed E-state index contributed by atoms with van der Waals surface area (Å²) in [5, 5.41) is 12.7. The first-order valence-corrected chi connectivity index (χ1v) is 7.79. The van der Waals surface area contributed by atoms with E-state index in [4.69, 9.17) is 5.73 Å². The molecular formula is C18H18N6. The Balaban J connectivity index is 1.90. The normalized spacial score (nSPS) is 11.3. The Bertz CT molecular complexity index is 1030. The molecule has 3 N–H and O–H groups in total. The number of hydrogen-bond acceptors (Lipinski definition) is 4. The number of aromatic nitrogens is 5. The van der Waals surface area contributed by atoms with Crippen molar-refractivity contribution < 1.29 is 0 Å². The van der Waals surface area contributed by atoms with Crippen LogP contribution in [0.1, 0.15) is 11.1 Å². The second kappa shape index (κ2) is 5.58. The van der Waals surface area contributed by atoms with Gasteiger partial charge in [0.25, 0.3) is 0 Å². The lowest BCUT2D eigenvalue weighted by molar-refractivity contribution is 0.768. The molecule has 120 valence electrons. The molecule has 0 saturated heterocycles. The molecule has 1 aromatic carbocycles.